The van der Waals surface area contributed by atoms with Gasteiger partial charge in [0, 0.05) is 26.7 Å². The monoisotopic (exact) mass is 323 g/mol. The summed E-state index contributed by atoms with van der Waals surface area (Å²) in [4.78, 5) is 28.2. The molecule has 0 bridgehead atoms. The number of unbranched alkanes of at least 4 members (excludes halogenated alkanes) is 1. The summed E-state index contributed by atoms with van der Waals surface area (Å²) in [6.45, 7) is 1.86. The molecule has 1 aliphatic heterocycles. The van der Waals surface area contributed by atoms with E-state index in [9.17, 15) is 9.59 Å². The quantitative estimate of drug-likeness (QED) is 0.270. The lowest BCUT2D eigenvalue weighted by Gasteiger charge is -2.15. The molecule has 3 amide bonds. The van der Waals surface area contributed by atoms with Crippen molar-refractivity contribution >= 4 is 17.9 Å². The number of guanidine groups is 1. The topological polar surface area (TPSA) is 85.8 Å². The second-order valence-electron chi connectivity index (χ2n) is 6.28. The molecule has 0 atom stereocenters. The van der Waals surface area contributed by atoms with Crippen molar-refractivity contribution in [3.8, 4) is 0 Å². The summed E-state index contributed by atoms with van der Waals surface area (Å²) in [6.07, 6.45) is 9.41. The highest BCUT2D eigenvalue weighted by Gasteiger charge is 2.27. The fourth-order valence-corrected chi connectivity index (χ4v) is 3.25. The number of carbonyl (C=O) groups excluding carboxylic acids is 2. The summed E-state index contributed by atoms with van der Waals surface area (Å²) in [5.41, 5.74) is 0. The van der Waals surface area contributed by atoms with E-state index in [1.807, 2.05) is 0 Å². The minimum atomic E-state index is -0.313. The van der Waals surface area contributed by atoms with Crippen LogP contribution in [0.1, 0.15) is 44.9 Å². The Bertz CT molecular complexity index is 416. The molecule has 7 heteroatoms. The molecule has 0 spiro atoms. The molecule has 2 rings (SSSR count). The molecule has 0 aromatic carbocycles. The summed E-state index contributed by atoms with van der Waals surface area (Å²) in [7, 11) is 1.72. The predicted octanol–water partition coefficient (Wildman–Crippen LogP) is 1.06. The maximum atomic E-state index is 11.5. The van der Waals surface area contributed by atoms with E-state index in [-0.39, 0.29) is 18.5 Å². The van der Waals surface area contributed by atoms with Crippen LogP contribution in [0.3, 0.4) is 0 Å². The Kier molecular flexibility index (Phi) is 7.16. The lowest BCUT2D eigenvalue weighted by molar-refractivity contribution is -0.124. The molecule has 0 aromatic rings. The first-order valence-corrected chi connectivity index (χ1v) is 8.73. The molecule has 130 valence electrons. The number of aliphatic imine (C=N–C) groups is 1. The molecule has 1 saturated carbocycles. The molecule has 7 nitrogen and oxygen atoms in total. The molecule has 2 aliphatic rings. The highest BCUT2D eigenvalue weighted by Crippen LogP contribution is 2.28. The van der Waals surface area contributed by atoms with Gasteiger partial charge in [0.25, 0.3) is 0 Å². The van der Waals surface area contributed by atoms with Crippen LogP contribution < -0.4 is 16.0 Å². The van der Waals surface area contributed by atoms with Gasteiger partial charge in [-0.05, 0) is 12.3 Å². The van der Waals surface area contributed by atoms with Gasteiger partial charge in [0.2, 0.25) is 5.91 Å². The third-order valence-corrected chi connectivity index (χ3v) is 4.59. The van der Waals surface area contributed by atoms with E-state index in [1.165, 1.54) is 43.4 Å². The number of carbonyl (C=O) groups is 2. The Hall–Kier alpha value is -1.79. The van der Waals surface area contributed by atoms with Crippen molar-refractivity contribution < 1.29 is 9.59 Å². The molecule has 1 heterocycles. The Balaban J connectivity index is 1.52. The average Bonchev–Trinajstić information content (AvgIpc) is 3.17. The largest absolute Gasteiger partial charge is 0.356 e. The minimum Gasteiger partial charge on any atom is -0.356 e. The maximum Gasteiger partial charge on any atom is 0.324 e. The number of hydrogen-bond donors (Lipinski definition) is 3. The van der Waals surface area contributed by atoms with Crippen LogP contribution >= 0.6 is 0 Å². The molecule has 3 N–H and O–H groups in total. The van der Waals surface area contributed by atoms with Gasteiger partial charge >= 0.3 is 6.03 Å². The molecule has 1 aliphatic carbocycles. The van der Waals surface area contributed by atoms with Crippen molar-refractivity contribution in [3.05, 3.63) is 0 Å². The van der Waals surface area contributed by atoms with E-state index < -0.39 is 0 Å². The van der Waals surface area contributed by atoms with Crippen molar-refractivity contribution in [1.29, 1.82) is 0 Å². The highest BCUT2D eigenvalue weighted by atomic mass is 16.2. The van der Waals surface area contributed by atoms with Crippen LogP contribution in [-0.4, -0.2) is 56.0 Å². The molecule has 1 saturated heterocycles. The Morgan fingerprint density at radius 3 is 2.61 bits per heavy atom. The second-order valence-corrected chi connectivity index (χ2v) is 6.28. The lowest BCUT2D eigenvalue weighted by atomic mass is 10.0. The van der Waals surface area contributed by atoms with Gasteiger partial charge in [-0.25, -0.2) is 4.79 Å². The summed E-state index contributed by atoms with van der Waals surface area (Å²) < 4.78 is 0. The third-order valence-electron chi connectivity index (χ3n) is 4.59. The van der Waals surface area contributed by atoms with Crippen molar-refractivity contribution in [2.24, 2.45) is 10.9 Å². The van der Waals surface area contributed by atoms with Crippen LogP contribution in [-0.2, 0) is 4.79 Å². The zero-order valence-electron chi connectivity index (χ0n) is 14.1. The zero-order valence-corrected chi connectivity index (χ0v) is 14.1. The van der Waals surface area contributed by atoms with E-state index in [2.05, 4.69) is 20.9 Å². The highest BCUT2D eigenvalue weighted by molar-refractivity contribution is 6.01. The maximum absolute atomic E-state index is 11.5. The van der Waals surface area contributed by atoms with Crippen molar-refractivity contribution in [2.75, 3.05) is 33.2 Å². The van der Waals surface area contributed by atoms with Gasteiger partial charge in [-0.2, -0.15) is 0 Å². The minimum absolute atomic E-state index is 0.104. The molecule has 0 radical (unpaired) electrons. The van der Waals surface area contributed by atoms with E-state index in [0.717, 1.165) is 24.8 Å². The van der Waals surface area contributed by atoms with E-state index >= 15 is 0 Å². The zero-order chi connectivity index (χ0) is 16.5. The number of rotatable bonds is 8. The first-order valence-electron chi connectivity index (χ1n) is 8.73. The average molecular weight is 323 g/mol. The first kappa shape index (κ1) is 17.6. The van der Waals surface area contributed by atoms with Gasteiger partial charge in [-0.15, -0.1) is 0 Å². The molecule has 0 aromatic heterocycles. The van der Waals surface area contributed by atoms with Gasteiger partial charge in [-0.3, -0.25) is 14.7 Å². The van der Waals surface area contributed by atoms with Crippen LogP contribution in [0, 0.1) is 5.92 Å². The summed E-state index contributed by atoms with van der Waals surface area (Å²) >= 11 is 0. The first-order chi connectivity index (χ1) is 11.2. The number of nitrogens with zero attached hydrogens (tertiary/aromatic N) is 2. The van der Waals surface area contributed by atoms with E-state index in [0.29, 0.717) is 13.1 Å². The number of nitrogens with one attached hydrogen (secondary N) is 3. The van der Waals surface area contributed by atoms with E-state index in [4.69, 9.17) is 0 Å². The van der Waals surface area contributed by atoms with E-state index in [1.54, 1.807) is 7.05 Å². The Morgan fingerprint density at radius 1 is 1.22 bits per heavy atom. The fourth-order valence-electron chi connectivity index (χ4n) is 3.25. The van der Waals surface area contributed by atoms with Gasteiger partial charge in [-0.1, -0.05) is 38.5 Å². The van der Waals surface area contributed by atoms with Crippen molar-refractivity contribution in [2.45, 2.75) is 44.9 Å². The normalized spacial score (nSPS) is 19.3. The Morgan fingerprint density at radius 2 is 1.96 bits per heavy atom. The number of imide groups is 1. The van der Waals surface area contributed by atoms with Crippen LogP contribution in [0.4, 0.5) is 4.79 Å². The number of amides is 3. The molecule has 0 unspecified atom stereocenters. The standard InChI is InChI=1S/C16H29N5O2/c1-17-15(18-9-5-4-8-13-6-2-3-7-13)19-10-11-21-14(22)12-20-16(21)23/h13H,2-12H2,1H3,(H,20,23)(H2,17,18,19). The fraction of sp³-hybridized carbons (Fsp3) is 0.812. The number of urea groups is 1. The Labute approximate surface area is 138 Å². The molecular formula is C16H29N5O2. The van der Waals surface area contributed by atoms with Gasteiger partial charge in [0.1, 0.15) is 0 Å². The van der Waals surface area contributed by atoms with Crippen LogP contribution in [0.25, 0.3) is 0 Å². The van der Waals surface area contributed by atoms with Crippen LogP contribution in [0.2, 0.25) is 0 Å². The van der Waals surface area contributed by atoms with Crippen molar-refractivity contribution in [3.63, 3.8) is 0 Å². The molecule has 23 heavy (non-hydrogen) atoms. The SMILES string of the molecule is CN=C(NCCCCC1CCCC1)NCCN1C(=O)CNC1=O. The van der Waals surface area contributed by atoms with Crippen molar-refractivity contribution in [1.82, 2.24) is 20.9 Å². The van der Waals surface area contributed by atoms with Crippen LogP contribution in [0.5, 0.6) is 0 Å². The summed E-state index contributed by atoms with van der Waals surface area (Å²) in [6, 6.07) is -0.313. The number of hydrogen-bond acceptors (Lipinski definition) is 3. The third kappa shape index (κ3) is 5.73. The summed E-state index contributed by atoms with van der Waals surface area (Å²) in [5, 5.41) is 8.92. The van der Waals surface area contributed by atoms with Gasteiger partial charge in [0.15, 0.2) is 5.96 Å². The van der Waals surface area contributed by atoms with Gasteiger partial charge < -0.3 is 16.0 Å². The van der Waals surface area contributed by atoms with Gasteiger partial charge in [0.05, 0.1) is 6.54 Å². The smallest absolute Gasteiger partial charge is 0.324 e. The predicted molar refractivity (Wildman–Crippen MR) is 90.3 cm³/mol. The molecule has 2 fully saturated rings. The van der Waals surface area contributed by atoms with Crippen LogP contribution in [0.15, 0.2) is 4.99 Å². The molecular weight excluding hydrogens is 294 g/mol. The summed E-state index contributed by atoms with van der Waals surface area (Å²) in [5.74, 6) is 1.50. The lowest BCUT2D eigenvalue weighted by Crippen LogP contribution is -2.43. The second kappa shape index (κ2) is 9.37.